The van der Waals surface area contributed by atoms with Crippen LogP contribution in [-0.2, 0) is 9.59 Å². The van der Waals surface area contributed by atoms with E-state index >= 15 is 0 Å². The van der Waals surface area contributed by atoms with Gasteiger partial charge < -0.3 is 10.2 Å². The molecule has 1 fully saturated rings. The Bertz CT molecular complexity index is 658. The van der Waals surface area contributed by atoms with Crippen LogP contribution in [0.2, 0.25) is 0 Å². The highest BCUT2D eigenvalue weighted by atomic mass is 16.2. The van der Waals surface area contributed by atoms with Crippen LogP contribution in [0.5, 0.6) is 0 Å². The second-order valence-electron chi connectivity index (χ2n) is 7.53. The highest BCUT2D eigenvalue weighted by Gasteiger charge is 2.22. The second kappa shape index (κ2) is 11.0. The quantitative estimate of drug-likeness (QED) is 0.528. The topological polar surface area (TPSA) is 49.4 Å². The van der Waals surface area contributed by atoms with Crippen LogP contribution in [0, 0.1) is 12.8 Å². The molecule has 1 aliphatic heterocycles. The van der Waals surface area contributed by atoms with Gasteiger partial charge in [-0.3, -0.25) is 9.59 Å². The van der Waals surface area contributed by atoms with Gasteiger partial charge >= 0.3 is 0 Å². The molecule has 0 spiro atoms. The number of benzene rings is 1. The van der Waals surface area contributed by atoms with Gasteiger partial charge in [-0.05, 0) is 56.8 Å². The van der Waals surface area contributed by atoms with Gasteiger partial charge in [-0.15, -0.1) is 0 Å². The molecule has 0 radical (unpaired) electrons. The predicted octanol–water partition coefficient (Wildman–Crippen LogP) is 3.99. The number of nitrogens with one attached hydrogen (secondary N) is 1. The number of hydrogen-bond donors (Lipinski definition) is 1. The number of rotatable bonds is 9. The fourth-order valence-corrected chi connectivity index (χ4v) is 3.81. The molecule has 4 heteroatoms. The van der Waals surface area contributed by atoms with Crippen molar-refractivity contribution in [3.05, 3.63) is 41.5 Å². The first-order chi connectivity index (χ1) is 13.1. The van der Waals surface area contributed by atoms with Gasteiger partial charge in [-0.25, -0.2) is 0 Å². The maximum absolute atomic E-state index is 12.6. The molecular formula is C23H34N2O2. The van der Waals surface area contributed by atoms with Crippen LogP contribution in [0.1, 0.15) is 57.1 Å². The Morgan fingerprint density at radius 2 is 1.93 bits per heavy atom. The number of aryl methyl sites for hydroxylation is 1. The molecule has 0 unspecified atom stereocenters. The summed E-state index contributed by atoms with van der Waals surface area (Å²) in [6, 6.07) is 7.66. The smallest absolute Gasteiger partial charge is 0.292 e. The number of piperidine rings is 1. The van der Waals surface area contributed by atoms with Crippen molar-refractivity contribution >= 4 is 17.3 Å². The average molecular weight is 371 g/mol. The van der Waals surface area contributed by atoms with Crippen molar-refractivity contribution in [3.63, 3.8) is 0 Å². The molecule has 148 valence electrons. The van der Waals surface area contributed by atoms with Crippen molar-refractivity contribution in [2.75, 3.05) is 26.2 Å². The van der Waals surface area contributed by atoms with Crippen molar-refractivity contribution in [1.29, 1.82) is 0 Å². The van der Waals surface area contributed by atoms with E-state index < -0.39 is 11.7 Å². The number of ketones is 1. The van der Waals surface area contributed by atoms with E-state index in [0.29, 0.717) is 12.1 Å². The van der Waals surface area contributed by atoms with Crippen LogP contribution in [0.15, 0.2) is 30.3 Å². The number of allylic oxidation sites excluding steroid dienone is 1. The molecule has 0 aliphatic carbocycles. The number of hydrogen-bond acceptors (Lipinski definition) is 3. The number of amides is 1. The van der Waals surface area contributed by atoms with E-state index in [4.69, 9.17) is 0 Å². The largest absolute Gasteiger partial charge is 0.348 e. The van der Waals surface area contributed by atoms with Gasteiger partial charge in [-0.2, -0.15) is 0 Å². The fourth-order valence-electron chi connectivity index (χ4n) is 3.81. The highest BCUT2D eigenvalue weighted by Crippen LogP contribution is 2.22. The highest BCUT2D eigenvalue weighted by molar-refractivity contribution is 6.53. The first-order valence-electron chi connectivity index (χ1n) is 10.3. The van der Waals surface area contributed by atoms with Crippen LogP contribution < -0.4 is 5.32 Å². The van der Waals surface area contributed by atoms with E-state index in [1.165, 1.54) is 32.1 Å². The van der Waals surface area contributed by atoms with E-state index in [2.05, 4.69) is 17.1 Å². The van der Waals surface area contributed by atoms with Gasteiger partial charge in [0.15, 0.2) is 0 Å². The molecule has 4 nitrogen and oxygen atoms in total. The van der Waals surface area contributed by atoms with Crippen LogP contribution in [0.4, 0.5) is 0 Å². The molecule has 2 rings (SSSR count). The Morgan fingerprint density at radius 1 is 1.22 bits per heavy atom. The zero-order valence-electron chi connectivity index (χ0n) is 17.1. The minimum absolute atomic E-state index is 0.454. The summed E-state index contributed by atoms with van der Waals surface area (Å²) in [7, 11) is 0. The van der Waals surface area contributed by atoms with Gasteiger partial charge in [0.2, 0.25) is 5.78 Å². The normalized spacial score (nSPS) is 16.3. The summed E-state index contributed by atoms with van der Waals surface area (Å²) >= 11 is 0. The molecule has 0 aromatic heterocycles. The minimum atomic E-state index is -0.510. The molecule has 27 heavy (non-hydrogen) atoms. The fraction of sp³-hybridized carbons (Fsp3) is 0.565. The molecular weight excluding hydrogens is 336 g/mol. The van der Waals surface area contributed by atoms with Crippen LogP contribution in [0.3, 0.4) is 0 Å². The lowest BCUT2D eigenvalue weighted by molar-refractivity contribution is -0.134. The van der Waals surface area contributed by atoms with Crippen molar-refractivity contribution in [2.45, 2.75) is 52.9 Å². The van der Waals surface area contributed by atoms with Gasteiger partial charge in [0.05, 0.1) is 0 Å². The van der Waals surface area contributed by atoms with Gasteiger partial charge in [0.25, 0.3) is 5.91 Å². The summed E-state index contributed by atoms with van der Waals surface area (Å²) in [5, 5.41) is 2.81. The van der Waals surface area contributed by atoms with E-state index in [9.17, 15) is 9.59 Å². The van der Waals surface area contributed by atoms with Gasteiger partial charge in [0.1, 0.15) is 0 Å². The van der Waals surface area contributed by atoms with E-state index in [1.54, 1.807) is 13.0 Å². The summed E-state index contributed by atoms with van der Waals surface area (Å²) in [6.07, 6.45) is 8.19. The van der Waals surface area contributed by atoms with Crippen molar-refractivity contribution in [1.82, 2.24) is 10.2 Å². The molecule has 1 N–H and O–H groups in total. The summed E-state index contributed by atoms with van der Waals surface area (Å²) in [5.74, 6) is -0.0991. The Balaban J connectivity index is 1.77. The zero-order chi connectivity index (χ0) is 19.6. The molecule has 1 amide bonds. The summed E-state index contributed by atoms with van der Waals surface area (Å²) in [6.45, 7) is 9.54. The van der Waals surface area contributed by atoms with Gasteiger partial charge in [0, 0.05) is 18.7 Å². The van der Waals surface area contributed by atoms with E-state index in [0.717, 1.165) is 36.7 Å². The maximum atomic E-state index is 12.6. The molecule has 1 aromatic carbocycles. The lowest BCUT2D eigenvalue weighted by atomic mass is 9.92. The molecule has 0 saturated carbocycles. The van der Waals surface area contributed by atoms with Crippen LogP contribution in [-0.4, -0.2) is 42.8 Å². The average Bonchev–Trinajstić information content (AvgIpc) is 2.69. The number of likely N-dealkylation sites (tertiary alicyclic amines) is 1. The summed E-state index contributed by atoms with van der Waals surface area (Å²) in [5.41, 5.74) is 2.30. The lowest BCUT2D eigenvalue weighted by Crippen LogP contribution is -2.41. The predicted molar refractivity (Wildman–Crippen MR) is 112 cm³/mol. The molecule has 1 saturated heterocycles. The second-order valence-corrected chi connectivity index (χ2v) is 7.53. The molecule has 1 heterocycles. The molecule has 1 aliphatic rings. The Morgan fingerprint density at radius 3 is 2.56 bits per heavy atom. The third kappa shape index (κ3) is 6.31. The maximum Gasteiger partial charge on any atom is 0.292 e. The standard InChI is InChI=1S/C23H34N2O2/c1-4-6-10-19-12-15-25(16-13-19)17-14-24-23(27)22(26)20(5-2)21-11-8-7-9-18(21)3/h5,7-9,11,19H,4,6,10,12-17H2,1-3H3,(H,24,27)/b20-5+. The summed E-state index contributed by atoms with van der Waals surface area (Å²) in [4.78, 5) is 27.3. The third-order valence-corrected chi connectivity index (χ3v) is 5.56. The lowest BCUT2D eigenvalue weighted by Gasteiger charge is -2.31. The van der Waals surface area contributed by atoms with Gasteiger partial charge in [-0.1, -0.05) is 56.5 Å². The number of unbranched alkanes of at least 4 members (excludes halogenated alkanes) is 1. The van der Waals surface area contributed by atoms with E-state index in [1.807, 2.05) is 31.2 Å². The number of nitrogens with zero attached hydrogens (tertiary/aromatic N) is 1. The summed E-state index contributed by atoms with van der Waals surface area (Å²) < 4.78 is 0. The SMILES string of the molecule is C/C=C(/C(=O)C(=O)NCCN1CCC(CCCC)CC1)c1ccccc1C. The van der Waals surface area contributed by atoms with Crippen molar-refractivity contribution in [3.8, 4) is 0 Å². The molecule has 0 atom stereocenters. The Hall–Kier alpha value is -1.94. The first-order valence-corrected chi connectivity index (χ1v) is 10.3. The third-order valence-electron chi connectivity index (χ3n) is 5.56. The van der Waals surface area contributed by atoms with E-state index in [-0.39, 0.29) is 0 Å². The van der Waals surface area contributed by atoms with Crippen LogP contribution in [0.25, 0.3) is 5.57 Å². The number of carbonyl (C=O) groups is 2. The number of Topliss-reactive ketones (excluding diaryl/α,β-unsaturated/α-hetero) is 1. The Kier molecular flexibility index (Phi) is 8.73. The molecule has 0 bridgehead atoms. The van der Waals surface area contributed by atoms with Crippen molar-refractivity contribution < 1.29 is 9.59 Å². The monoisotopic (exact) mass is 370 g/mol. The van der Waals surface area contributed by atoms with Crippen LogP contribution >= 0.6 is 0 Å². The van der Waals surface area contributed by atoms with Crippen molar-refractivity contribution in [2.24, 2.45) is 5.92 Å². The minimum Gasteiger partial charge on any atom is -0.348 e. The molecule has 1 aromatic rings. The number of carbonyl (C=O) groups excluding carboxylic acids is 2. The first kappa shape index (κ1) is 21.4. The zero-order valence-corrected chi connectivity index (χ0v) is 17.1. The Labute approximate surface area is 164 Å².